The van der Waals surface area contributed by atoms with Crippen molar-refractivity contribution >= 4 is 11.9 Å². The fourth-order valence-electron chi connectivity index (χ4n) is 3.43. The van der Waals surface area contributed by atoms with Crippen molar-refractivity contribution < 1.29 is 24.3 Å². The third-order valence-electron chi connectivity index (χ3n) is 5.07. The van der Waals surface area contributed by atoms with Crippen molar-refractivity contribution in [1.29, 1.82) is 0 Å². The molecule has 34 heavy (non-hydrogen) atoms. The van der Waals surface area contributed by atoms with Gasteiger partial charge in [0.2, 0.25) is 17.7 Å². The van der Waals surface area contributed by atoms with Gasteiger partial charge in [-0.25, -0.2) is 9.97 Å². The zero-order valence-corrected chi connectivity index (χ0v) is 19.7. The highest BCUT2D eigenvalue weighted by Gasteiger charge is 2.20. The SMILES string of the molecule is CCNc1nc(C)cc(-c2nc(-c3cc(C)c(OC[C@@H](O)CC(O)C(N)=O)c(CC)c3)no2)n1. The van der Waals surface area contributed by atoms with Crippen LogP contribution >= 0.6 is 0 Å². The molecule has 0 aliphatic heterocycles. The molecule has 5 N–H and O–H groups in total. The molecule has 1 amide bonds. The minimum atomic E-state index is -1.42. The van der Waals surface area contributed by atoms with Crippen LogP contribution in [0.5, 0.6) is 5.75 Å². The maximum absolute atomic E-state index is 11.0. The summed E-state index contributed by atoms with van der Waals surface area (Å²) in [4.78, 5) is 24.3. The number of nitrogens with two attached hydrogens (primary N) is 1. The Hall–Kier alpha value is -3.57. The second-order valence-electron chi connectivity index (χ2n) is 7.93. The van der Waals surface area contributed by atoms with E-state index in [1.807, 2.05) is 39.8 Å². The van der Waals surface area contributed by atoms with Gasteiger partial charge in [0.25, 0.3) is 5.89 Å². The minimum Gasteiger partial charge on any atom is -0.490 e. The Labute approximate surface area is 197 Å². The summed E-state index contributed by atoms with van der Waals surface area (Å²) in [5.41, 5.74) is 8.78. The largest absolute Gasteiger partial charge is 0.490 e. The van der Waals surface area contributed by atoms with Gasteiger partial charge >= 0.3 is 0 Å². The Balaban J connectivity index is 1.81. The van der Waals surface area contributed by atoms with Crippen LogP contribution in [-0.4, -0.2) is 61.6 Å². The van der Waals surface area contributed by atoms with Crippen molar-refractivity contribution in [3.05, 3.63) is 35.0 Å². The molecule has 0 spiro atoms. The van der Waals surface area contributed by atoms with Gasteiger partial charge in [0, 0.05) is 24.2 Å². The number of benzene rings is 1. The normalized spacial score (nSPS) is 12.9. The van der Waals surface area contributed by atoms with E-state index in [0.29, 0.717) is 36.2 Å². The Morgan fingerprint density at radius 3 is 2.62 bits per heavy atom. The number of anilines is 1. The van der Waals surface area contributed by atoms with Gasteiger partial charge < -0.3 is 30.5 Å². The van der Waals surface area contributed by atoms with Crippen molar-refractivity contribution in [3.63, 3.8) is 0 Å². The summed E-state index contributed by atoms with van der Waals surface area (Å²) in [5, 5.41) is 26.8. The standard InChI is InChI=1S/C23H30N6O5/c1-5-14-9-15(7-12(3)19(14)33-11-16(30)10-18(31)20(24)32)21-28-22(34-29-21)17-8-13(4)26-23(27-17)25-6-2/h7-9,16,18,30-31H,5-6,10-11H2,1-4H3,(H2,24,32)(H,25,26,27)/t16-,18?/m0/s1. The lowest BCUT2D eigenvalue weighted by atomic mass is 10.0. The van der Waals surface area contributed by atoms with Crippen molar-refractivity contribution in [2.75, 3.05) is 18.5 Å². The van der Waals surface area contributed by atoms with E-state index in [-0.39, 0.29) is 18.9 Å². The molecular weight excluding hydrogens is 440 g/mol. The van der Waals surface area contributed by atoms with E-state index in [4.69, 9.17) is 15.0 Å². The molecule has 2 aromatic heterocycles. The van der Waals surface area contributed by atoms with Gasteiger partial charge in [-0.15, -0.1) is 0 Å². The molecule has 1 unspecified atom stereocenters. The first kappa shape index (κ1) is 25.1. The molecule has 3 rings (SSSR count). The number of ether oxygens (including phenoxy) is 1. The minimum absolute atomic E-state index is 0.0922. The number of rotatable bonds is 11. The number of primary amides is 1. The van der Waals surface area contributed by atoms with Gasteiger partial charge in [-0.3, -0.25) is 4.79 Å². The third-order valence-corrected chi connectivity index (χ3v) is 5.07. The van der Waals surface area contributed by atoms with Crippen LogP contribution in [0.4, 0.5) is 5.95 Å². The van der Waals surface area contributed by atoms with E-state index in [1.54, 1.807) is 6.07 Å². The smallest absolute Gasteiger partial charge is 0.277 e. The summed E-state index contributed by atoms with van der Waals surface area (Å²) in [6.45, 7) is 8.28. The van der Waals surface area contributed by atoms with Crippen molar-refractivity contribution in [3.8, 4) is 28.7 Å². The highest BCUT2D eigenvalue weighted by Crippen LogP contribution is 2.31. The van der Waals surface area contributed by atoms with E-state index in [9.17, 15) is 15.0 Å². The number of aliphatic hydroxyl groups is 2. The van der Waals surface area contributed by atoms with E-state index < -0.39 is 18.1 Å². The lowest BCUT2D eigenvalue weighted by Crippen LogP contribution is -2.33. The lowest BCUT2D eigenvalue weighted by Gasteiger charge is -2.18. The fraction of sp³-hybridized carbons (Fsp3) is 0.435. The maximum Gasteiger partial charge on any atom is 0.277 e. The van der Waals surface area contributed by atoms with Crippen molar-refractivity contribution in [2.45, 2.75) is 52.7 Å². The molecule has 11 heteroatoms. The maximum atomic E-state index is 11.0. The van der Waals surface area contributed by atoms with Crippen molar-refractivity contribution in [2.24, 2.45) is 5.73 Å². The molecule has 0 saturated heterocycles. The van der Waals surface area contributed by atoms with E-state index in [1.165, 1.54) is 0 Å². The zero-order chi connectivity index (χ0) is 24.8. The monoisotopic (exact) mass is 470 g/mol. The molecule has 0 radical (unpaired) electrons. The van der Waals surface area contributed by atoms with Gasteiger partial charge in [0.15, 0.2) is 0 Å². The van der Waals surface area contributed by atoms with Crippen LogP contribution in [0.3, 0.4) is 0 Å². The third kappa shape index (κ3) is 6.06. The molecule has 0 bridgehead atoms. The Morgan fingerprint density at radius 1 is 1.18 bits per heavy atom. The molecule has 2 heterocycles. The number of amides is 1. The number of hydrogen-bond acceptors (Lipinski definition) is 10. The molecule has 0 saturated carbocycles. The summed E-state index contributed by atoms with van der Waals surface area (Å²) >= 11 is 0. The topological polar surface area (TPSA) is 170 Å². The van der Waals surface area contributed by atoms with E-state index >= 15 is 0 Å². The molecule has 11 nitrogen and oxygen atoms in total. The quantitative estimate of drug-likeness (QED) is 0.324. The van der Waals surface area contributed by atoms with Gasteiger partial charge in [-0.1, -0.05) is 12.1 Å². The molecule has 1 aromatic carbocycles. The number of carbonyl (C=O) groups excluding carboxylic acids is 1. The van der Waals surface area contributed by atoms with Crippen LogP contribution in [0, 0.1) is 13.8 Å². The van der Waals surface area contributed by atoms with Gasteiger partial charge in [-0.05, 0) is 56.5 Å². The van der Waals surface area contributed by atoms with Gasteiger partial charge in [-0.2, -0.15) is 4.98 Å². The zero-order valence-electron chi connectivity index (χ0n) is 19.7. The molecule has 0 fully saturated rings. The number of aliphatic hydroxyl groups excluding tert-OH is 2. The molecule has 0 aliphatic rings. The summed E-state index contributed by atoms with van der Waals surface area (Å²) in [6.07, 6.45) is -2.01. The second-order valence-corrected chi connectivity index (χ2v) is 7.93. The molecular formula is C23H30N6O5. The van der Waals surface area contributed by atoms with Crippen LogP contribution in [0.25, 0.3) is 23.0 Å². The number of nitrogens with one attached hydrogen (secondary N) is 1. The van der Waals surface area contributed by atoms with Crippen LogP contribution in [0.2, 0.25) is 0 Å². The summed E-state index contributed by atoms with van der Waals surface area (Å²) in [7, 11) is 0. The number of aromatic nitrogens is 4. The number of carbonyl (C=O) groups is 1. The predicted octanol–water partition coefficient (Wildman–Crippen LogP) is 1.78. The first-order chi connectivity index (χ1) is 16.2. The fourth-order valence-corrected chi connectivity index (χ4v) is 3.43. The van der Waals surface area contributed by atoms with Gasteiger partial charge in [0.05, 0.1) is 6.10 Å². The molecule has 0 aliphatic carbocycles. The summed E-state index contributed by atoms with van der Waals surface area (Å²) < 4.78 is 11.3. The van der Waals surface area contributed by atoms with E-state index in [0.717, 1.165) is 22.4 Å². The van der Waals surface area contributed by atoms with Crippen LogP contribution in [0.15, 0.2) is 22.7 Å². The highest BCUT2D eigenvalue weighted by molar-refractivity contribution is 5.78. The van der Waals surface area contributed by atoms with Crippen LogP contribution < -0.4 is 15.8 Å². The highest BCUT2D eigenvalue weighted by atomic mass is 16.5. The van der Waals surface area contributed by atoms with Crippen molar-refractivity contribution in [1.82, 2.24) is 20.1 Å². The first-order valence-corrected chi connectivity index (χ1v) is 11.1. The number of nitrogens with zero attached hydrogens (tertiary/aromatic N) is 4. The number of aryl methyl sites for hydroxylation is 3. The van der Waals surface area contributed by atoms with E-state index in [2.05, 4.69) is 25.4 Å². The Bertz CT molecular complexity index is 1150. The Kier molecular flexibility index (Phi) is 8.13. The lowest BCUT2D eigenvalue weighted by molar-refractivity contribution is -0.127. The van der Waals surface area contributed by atoms with Gasteiger partial charge in [0.1, 0.15) is 24.2 Å². The average Bonchev–Trinajstić information content (AvgIpc) is 3.28. The average molecular weight is 471 g/mol. The van der Waals surface area contributed by atoms with Crippen LogP contribution in [-0.2, 0) is 11.2 Å². The molecule has 2 atom stereocenters. The molecule has 182 valence electrons. The summed E-state index contributed by atoms with van der Waals surface area (Å²) in [5.74, 6) is 0.915. The predicted molar refractivity (Wildman–Crippen MR) is 125 cm³/mol. The second kappa shape index (κ2) is 11.0. The van der Waals surface area contributed by atoms with Crippen LogP contribution in [0.1, 0.15) is 37.1 Å². The summed E-state index contributed by atoms with van der Waals surface area (Å²) in [6, 6.07) is 5.54. The number of hydrogen-bond donors (Lipinski definition) is 4. The first-order valence-electron chi connectivity index (χ1n) is 11.1. The molecule has 3 aromatic rings. The Morgan fingerprint density at radius 2 is 1.94 bits per heavy atom.